The Bertz CT molecular complexity index is 792. The number of benzene rings is 2. The maximum Gasteiger partial charge on any atom is 0.238 e. The van der Waals surface area contributed by atoms with E-state index in [2.05, 4.69) is 85.3 Å². The molecule has 3 rings (SSSR count). The lowest BCUT2D eigenvalue weighted by atomic mass is 9.98. The lowest BCUT2D eigenvalue weighted by Gasteiger charge is -2.36. The molecule has 0 unspecified atom stereocenters. The van der Waals surface area contributed by atoms with Gasteiger partial charge in [0.2, 0.25) is 5.91 Å². The highest BCUT2D eigenvalue weighted by atomic mass is 16.2. The predicted molar refractivity (Wildman–Crippen MR) is 114 cm³/mol. The Labute approximate surface area is 163 Å². The standard InChI is InChI=1S/C23H31N3O/c1-17(2)21-10-6-8-19(4)23(21)24-22(27)16-25-11-13-26(14-12-25)20-9-5-7-18(3)15-20/h5-10,15,17H,11-14,16H2,1-4H3,(H,24,27). The molecule has 1 amide bonds. The summed E-state index contributed by atoms with van der Waals surface area (Å²) in [7, 11) is 0. The molecule has 1 aliphatic heterocycles. The number of rotatable bonds is 5. The van der Waals surface area contributed by atoms with Gasteiger partial charge < -0.3 is 10.2 Å². The van der Waals surface area contributed by atoms with Crippen molar-refractivity contribution in [1.82, 2.24) is 4.90 Å². The average Bonchev–Trinajstić information content (AvgIpc) is 2.64. The summed E-state index contributed by atoms with van der Waals surface area (Å²) < 4.78 is 0. The molecule has 144 valence electrons. The van der Waals surface area contributed by atoms with Gasteiger partial charge in [0.25, 0.3) is 0 Å². The average molecular weight is 366 g/mol. The van der Waals surface area contributed by atoms with Crippen LogP contribution in [0.4, 0.5) is 11.4 Å². The molecule has 1 saturated heterocycles. The van der Waals surface area contributed by atoms with Crippen LogP contribution in [0.15, 0.2) is 42.5 Å². The Kier molecular flexibility index (Phi) is 6.17. The molecule has 0 bridgehead atoms. The minimum Gasteiger partial charge on any atom is -0.369 e. The lowest BCUT2D eigenvalue weighted by molar-refractivity contribution is -0.117. The van der Waals surface area contributed by atoms with Crippen molar-refractivity contribution in [2.75, 3.05) is 42.9 Å². The van der Waals surface area contributed by atoms with E-state index in [9.17, 15) is 4.79 Å². The zero-order valence-corrected chi connectivity index (χ0v) is 17.0. The molecule has 4 heteroatoms. The summed E-state index contributed by atoms with van der Waals surface area (Å²) in [6.45, 7) is 12.7. The van der Waals surface area contributed by atoms with Gasteiger partial charge in [0.05, 0.1) is 6.54 Å². The van der Waals surface area contributed by atoms with Crippen molar-refractivity contribution in [3.63, 3.8) is 0 Å². The molecule has 0 atom stereocenters. The van der Waals surface area contributed by atoms with Gasteiger partial charge in [-0.15, -0.1) is 0 Å². The number of anilines is 2. The number of hydrogen-bond donors (Lipinski definition) is 1. The highest BCUT2D eigenvalue weighted by Gasteiger charge is 2.20. The highest BCUT2D eigenvalue weighted by molar-refractivity contribution is 5.94. The van der Waals surface area contributed by atoms with Crippen LogP contribution in [0.2, 0.25) is 0 Å². The molecule has 1 fully saturated rings. The van der Waals surface area contributed by atoms with Crippen LogP contribution in [0.3, 0.4) is 0 Å². The zero-order valence-electron chi connectivity index (χ0n) is 17.0. The van der Waals surface area contributed by atoms with Crippen molar-refractivity contribution in [3.8, 4) is 0 Å². The number of hydrogen-bond acceptors (Lipinski definition) is 3. The second kappa shape index (κ2) is 8.57. The Morgan fingerprint density at radius 3 is 2.41 bits per heavy atom. The van der Waals surface area contributed by atoms with Crippen LogP contribution in [-0.2, 0) is 4.79 Å². The van der Waals surface area contributed by atoms with Crippen molar-refractivity contribution >= 4 is 17.3 Å². The molecule has 0 spiro atoms. The van der Waals surface area contributed by atoms with Crippen LogP contribution in [0.25, 0.3) is 0 Å². The third-order valence-corrected chi connectivity index (χ3v) is 5.30. The van der Waals surface area contributed by atoms with Crippen LogP contribution in [0.1, 0.15) is 36.5 Å². The third-order valence-electron chi connectivity index (χ3n) is 5.30. The zero-order chi connectivity index (χ0) is 19.4. The van der Waals surface area contributed by atoms with Gasteiger partial charge in [0, 0.05) is 37.6 Å². The highest BCUT2D eigenvalue weighted by Crippen LogP contribution is 2.27. The second-order valence-electron chi connectivity index (χ2n) is 7.84. The van der Waals surface area contributed by atoms with Crippen LogP contribution < -0.4 is 10.2 Å². The van der Waals surface area contributed by atoms with Crippen LogP contribution in [0.5, 0.6) is 0 Å². The molecule has 0 aromatic heterocycles. The van der Waals surface area contributed by atoms with Gasteiger partial charge >= 0.3 is 0 Å². The number of nitrogens with zero attached hydrogens (tertiary/aromatic N) is 2. The molecule has 1 aliphatic rings. The lowest BCUT2D eigenvalue weighted by Crippen LogP contribution is -2.48. The molecule has 0 saturated carbocycles. The van der Waals surface area contributed by atoms with Gasteiger partial charge in [0.1, 0.15) is 0 Å². The first-order valence-corrected chi connectivity index (χ1v) is 9.87. The normalized spacial score (nSPS) is 15.2. The van der Waals surface area contributed by atoms with E-state index in [1.807, 2.05) is 0 Å². The molecular weight excluding hydrogens is 334 g/mol. The molecule has 0 radical (unpaired) electrons. The fraction of sp³-hybridized carbons (Fsp3) is 0.435. The van der Waals surface area contributed by atoms with E-state index in [0.29, 0.717) is 12.5 Å². The summed E-state index contributed by atoms with van der Waals surface area (Å²) in [4.78, 5) is 17.3. The van der Waals surface area contributed by atoms with E-state index in [-0.39, 0.29) is 5.91 Å². The van der Waals surface area contributed by atoms with E-state index in [1.165, 1.54) is 16.8 Å². The molecule has 2 aromatic rings. The molecule has 27 heavy (non-hydrogen) atoms. The number of nitrogens with one attached hydrogen (secondary N) is 1. The van der Waals surface area contributed by atoms with Crippen LogP contribution in [-0.4, -0.2) is 43.5 Å². The van der Waals surface area contributed by atoms with Crippen molar-refractivity contribution in [2.45, 2.75) is 33.6 Å². The molecule has 2 aromatic carbocycles. The van der Waals surface area contributed by atoms with Crippen molar-refractivity contribution in [3.05, 3.63) is 59.2 Å². The van der Waals surface area contributed by atoms with E-state index in [1.54, 1.807) is 0 Å². The number of aryl methyl sites for hydroxylation is 2. The molecule has 0 aliphatic carbocycles. The van der Waals surface area contributed by atoms with Crippen molar-refractivity contribution < 1.29 is 4.79 Å². The molecule has 1 N–H and O–H groups in total. The third kappa shape index (κ3) is 4.89. The number of carbonyl (C=O) groups excluding carboxylic acids is 1. The largest absolute Gasteiger partial charge is 0.369 e. The number of carbonyl (C=O) groups is 1. The summed E-state index contributed by atoms with van der Waals surface area (Å²) in [6, 6.07) is 14.9. The minimum absolute atomic E-state index is 0.0789. The van der Waals surface area contributed by atoms with Crippen molar-refractivity contribution in [1.29, 1.82) is 0 Å². The van der Waals surface area contributed by atoms with E-state index in [0.717, 1.165) is 37.4 Å². The fourth-order valence-electron chi connectivity index (χ4n) is 3.71. The quantitative estimate of drug-likeness (QED) is 0.863. The SMILES string of the molecule is Cc1cccc(N2CCN(CC(=O)Nc3c(C)cccc3C(C)C)CC2)c1. The maximum atomic E-state index is 12.6. The second-order valence-corrected chi connectivity index (χ2v) is 7.84. The fourth-order valence-corrected chi connectivity index (χ4v) is 3.71. The van der Waals surface area contributed by atoms with Gasteiger partial charge in [0.15, 0.2) is 0 Å². The monoisotopic (exact) mass is 365 g/mol. The summed E-state index contributed by atoms with van der Waals surface area (Å²) >= 11 is 0. The van der Waals surface area contributed by atoms with Gasteiger partial charge in [-0.2, -0.15) is 0 Å². The van der Waals surface area contributed by atoms with Crippen LogP contribution in [0, 0.1) is 13.8 Å². The minimum atomic E-state index is 0.0789. The summed E-state index contributed by atoms with van der Waals surface area (Å²) in [5, 5.41) is 3.16. The Morgan fingerprint density at radius 2 is 1.74 bits per heavy atom. The topological polar surface area (TPSA) is 35.6 Å². The first kappa shape index (κ1) is 19.4. The van der Waals surface area contributed by atoms with E-state index >= 15 is 0 Å². The summed E-state index contributed by atoms with van der Waals surface area (Å²) in [5.41, 5.74) is 5.87. The van der Waals surface area contributed by atoms with Gasteiger partial charge in [-0.05, 0) is 48.6 Å². The smallest absolute Gasteiger partial charge is 0.238 e. The number of amides is 1. The molecule has 4 nitrogen and oxygen atoms in total. The first-order valence-electron chi connectivity index (χ1n) is 9.87. The Morgan fingerprint density at radius 1 is 1.04 bits per heavy atom. The number of piperazine rings is 1. The molecule has 1 heterocycles. The van der Waals surface area contributed by atoms with Gasteiger partial charge in [-0.3, -0.25) is 9.69 Å². The van der Waals surface area contributed by atoms with E-state index in [4.69, 9.17) is 0 Å². The molecular formula is C23H31N3O. The van der Waals surface area contributed by atoms with Gasteiger partial charge in [-0.1, -0.05) is 44.2 Å². The maximum absolute atomic E-state index is 12.6. The van der Waals surface area contributed by atoms with E-state index < -0.39 is 0 Å². The van der Waals surface area contributed by atoms with Crippen molar-refractivity contribution in [2.24, 2.45) is 0 Å². The van der Waals surface area contributed by atoms with Gasteiger partial charge in [-0.25, -0.2) is 0 Å². The summed E-state index contributed by atoms with van der Waals surface area (Å²) in [6.07, 6.45) is 0. The number of para-hydroxylation sites is 1. The first-order chi connectivity index (χ1) is 12.9. The van der Waals surface area contributed by atoms with Crippen LogP contribution >= 0.6 is 0 Å². The Hall–Kier alpha value is -2.33. The predicted octanol–water partition coefficient (Wildman–Crippen LogP) is 4.19. The Balaban J connectivity index is 1.56. The summed E-state index contributed by atoms with van der Waals surface area (Å²) in [5.74, 6) is 0.466.